The summed E-state index contributed by atoms with van der Waals surface area (Å²) in [5.41, 5.74) is 0.820. The predicted molar refractivity (Wildman–Crippen MR) is 122 cm³/mol. The van der Waals surface area contributed by atoms with Gasteiger partial charge in [-0.25, -0.2) is 0 Å². The summed E-state index contributed by atoms with van der Waals surface area (Å²) in [4.78, 5) is 0. The fourth-order valence-electron chi connectivity index (χ4n) is 4.11. The molecule has 0 radical (unpaired) electrons. The molecule has 0 heteroatoms. The molecule has 0 bridgehead atoms. The van der Waals surface area contributed by atoms with Gasteiger partial charge in [0.15, 0.2) is 0 Å². The third-order valence-electron chi connectivity index (χ3n) is 8.49. The van der Waals surface area contributed by atoms with Gasteiger partial charge < -0.3 is 0 Å². The van der Waals surface area contributed by atoms with Crippen molar-refractivity contribution in [3.63, 3.8) is 0 Å². The minimum absolute atomic E-state index is 0.396. The number of rotatable bonds is 13. The summed E-state index contributed by atoms with van der Waals surface area (Å²) in [6.07, 6.45) is 11.4. The molecule has 0 aliphatic heterocycles. The first-order chi connectivity index (χ1) is 11.8. The van der Waals surface area contributed by atoms with Gasteiger partial charge in [0, 0.05) is 0 Å². The average Bonchev–Trinajstić information content (AvgIpc) is 2.53. The summed E-state index contributed by atoms with van der Waals surface area (Å²) >= 11 is 0. The summed E-state index contributed by atoms with van der Waals surface area (Å²) in [6.45, 7) is 26.7. The molecular formula is C26H54. The Morgan fingerprint density at radius 3 is 1.38 bits per heavy atom. The van der Waals surface area contributed by atoms with Crippen molar-refractivity contribution in [2.75, 3.05) is 0 Å². The summed E-state index contributed by atoms with van der Waals surface area (Å²) in [6, 6.07) is 0. The van der Waals surface area contributed by atoms with Crippen LogP contribution < -0.4 is 0 Å². The smallest absolute Gasteiger partial charge is 0.0280 e. The molecule has 0 aromatic heterocycles. The van der Waals surface area contributed by atoms with E-state index >= 15 is 0 Å². The summed E-state index contributed by atoms with van der Waals surface area (Å²) in [7, 11) is 0. The Bertz CT molecular complexity index is 344. The van der Waals surface area contributed by atoms with E-state index in [1.165, 1.54) is 51.4 Å². The van der Waals surface area contributed by atoms with Gasteiger partial charge in [-0.3, -0.25) is 0 Å². The summed E-state index contributed by atoms with van der Waals surface area (Å²) in [5, 5.41) is 0. The van der Waals surface area contributed by atoms with Crippen LogP contribution in [-0.4, -0.2) is 0 Å². The van der Waals surface area contributed by atoms with Crippen molar-refractivity contribution < 1.29 is 0 Å². The quantitative estimate of drug-likeness (QED) is 0.285. The number of hydrogen-bond acceptors (Lipinski definition) is 0. The van der Waals surface area contributed by atoms with Gasteiger partial charge in [-0.05, 0) is 40.4 Å². The first kappa shape index (κ1) is 26.0. The van der Waals surface area contributed by atoms with E-state index in [0.29, 0.717) is 10.8 Å². The second-order valence-corrected chi connectivity index (χ2v) is 11.5. The Kier molecular flexibility index (Phi) is 11.8. The molecule has 0 saturated heterocycles. The van der Waals surface area contributed by atoms with E-state index in [4.69, 9.17) is 0 Å². The molecule has 0 fully saturated rings. The molecule has 0 spiro atoms. The third kappa shape index (κ3) is 8.79. The summed E-state index contributed by atoms with van der Waals surface area (Å²) < 4.78 is 0. The molecule has 26 heavy (non-hydrogen) atoms. The van der Waals surface area contributed by atoms with Gasteiger partial charge in [-0.2, -0.15) is 0 Å². The topological polar surface area (TPSA) is 0 Å². The molecule has 0 amide bonds. The van der Waals surface area contributed by atoms with E-state index in [1.807, 2.05) is 0 Å². The van der Waals surface area contributed by atoms with Crippen molar-refractivity contribution in [2.45, 2.75) is 128 Å². The monoisotopic (exact) mass is 366 g/mol. The van der Waals surface area contributed by atoms with Gasteiger partial charge in [0.05, 0.1) is 0 Å². The highest BCUT2D eigenvalue weighted by Gasteiger charge is 2.36. The maximum absolute atomic E-state index is 2.47. The highest BCUT2D eigenvalue weighted by molar-refractivity contribution is 4.86. The van der Waals surface area contributed by atoms with Crippen LogP contribution >= 0.6 is 0 Å². The Balaban J connectivity index is 3.80. The molecule has 0 aliphatic rings. The maximum atomic E-state index is 2.47. The first-order valence-corrected chi connectivity index (χ1v) is 11.8. The van der Waals surface area contributed by atoms with Gasteiger partial charge in [0.25, 0.3) is 0 Å². The Labute approximate surface area is 168 Å². The van der Waals surface area contributed by atoms with Crippen molar-refractivity contribution >= 4 is 0 Å². The SMILES string of the molecule is CC(C)C(C)C(C)C(C)CCCCCCCCC(C)C(C)(C)C(C)(C)C. The zero-order chi connectivity index (χ0) is 20.5. The first-order valence-electron chi connectivity index (χ1n) is 11.8. The molecule has 0 nitrogen and oxygen atoms in total. The summed E-state index contributed by atoms with van der Waals surface area (Å²) in [5.74, 6) is 4.23. The van der Waals surface area contributed by atoms with Crippen molar-refractivity contribution in [1.82, 2.24) is 0 Å². The largest absolute Gasteiger partial charge is 0.0625 e. The Morgan fingerprint density at radius 1 is 0.538 bits per heavy atom. The standard InChI is InChI=1S/C26H54/c1-20(2)23(5)24(6)21(3)18-16-14-12-13-15-17-19-22(4)26(10,11)25(7,8)9/h20-24H,12-19H2,1-11H3. The molecule has 0 rings (SSSR count). The lowest BCUT2D eigenvalue weighted by atomic mass is 9.61. The normalized spacial score (nSPS) is 18.0. The van der Waals surface area contributed by atoms with Crippen LogP contribution in [0.3, 0.4) is 0 Å². The van der Waals surface area contributed by atoms with Gasteiger partial charge in [0.2, 0.25) is 0 Å². The molecule has 0 saturated carbocycles. The van der Waals surface area contributed by atoms with Crippen molar-refractivity contribution in [3.8, 4) is 0 Å². The second kappa shape index (κ2) is 11.8. The second-order valence-electron chi connectivity index (χ2n) is 11.5. The van der Waals surface area contributed by atoms with E-state index < -0.39 is 0 Å². The van der Waals surface area contributed by atoms with Crippen LogP contribution in [0.25, 0.3) is 0 Å². The molecule has 158 valence electrons. The van der Waals surface area contributed by atoms with E-state index in [2.05, 4.69) is 76.2 Å². The van der Waals surface area contributed by atoms with Gasteiger partial charge >= 0.3 is 0 Å². The molecule has 0 aromatic rings. The third-order valence-corrected chi connectivity index (χ3v) is 8.49. The van der Waals surface area contributed by atoms with Crippen LogP contribution in [0, 0.1) is 40.4 Å². The van der Waals surface area contributed by atoms with E-state index in [9.17, 15) is 0 Å². The minimum atomic E-state index is 0.396. The fourth-order valence-corrected chi connectivity index (χ4v) is 4.11. The van der Waals surface area contributed by atoms with Crippen molar-refractivity contribution in [2.24, 2.45) is 40.4 Å². The molecular weight excluding hydrogens is 312 g/mol. The van der Waals surface area contributed by atoms with E-state index in [-0.39, 0.29) is 0 Å². The zero-order valence-corrected chi connectivity index (χ0v) is 20.5. The van der Waals surface area contributed by atoms with Crippen molar-refractivity contribution in [1.29, 1.82) is 0 Å². The van der Waals surface area contributed by atoms with Gasteiger partial charge in [-0.1, -0.05) is 128 Å². The minimum Gasteiger partial charge on any atom is -0.0625 e. The zero-order valence-electron chi connectivity index (χ0n) is 20.5. The number of hydrogen-bond donors (Lipinski definition) is 0. The Morgan fingerprint density at radius 2 is 0.962 bits per heavy atom. The number of unbranched alkanes of at least 4 members (excludes halogenated alkanes) is 5. The lowest BCUT2D eigenvalue weighted by Gasteiger charge is -2.44. The van der Waals surface area contributed by atoms with Crippen LogP contribution in [0.15, 0.2) is 0 Å². The van der Waals surface area contributed by atoms with Crippen LogP contribution in [0.2, 0.25) is 0 Å². The molecule has 0 aliphatic carbocycles. The highest BCUT2D eigenvalue weighted by Crippen LogP contribution is 2.45. The lowest BCUT2D eigenvalue weighted by molar-refractivity contribution is 0.0578. The lowest BCUT2D eigenvalue weighted by Crippen LogP contribution is -2.35. The van der Waals surface area contributed by atoms with Crippen LogP contribution in [0.5, 0.6) is 0 Å². The van der Waals surface area contributed by atoms with Crippen LogP contribution in [0.4, 0.5) is 0 Å². The predicted octanol–water partition coefficient (Wildman–Crippen LogP) is 9.38. The van der Waals surface area contributed by atoms with Crippen LogP contribution in [0.1, 0.15) is 128 Å². The maximum Gasteiger partial charge on any atom is -0.0280 e. The van der Waals surface area contributed by atoms with Gasteiger partial charge in [-0.15, -0.1) is 0 Å². The van der Waals surface area contributed by atoms with Gasteiger partial charge in [0.1, 0.15) is 0 Å². The van der Waals surface area contributed by atoms with E-state index in [1.54, 1.807) is 0 Å². The van der Waals surface area contributed by atoms with Crippen LogP contribution in [-0.2, 0) is 0 Å². The van der Waals surface area contributed by atoms with Crippen molar-refractivity contribution in [3.05, 3.63) is 0 Å². The average molecular weight is 367 g/mol. The molecule has 4 unspecified atom stereocenters. The highest BCUT2D eigenvalue weighted by atomic mass is 14.4. The fraction of sp³-hybridized carbons (Fsp3) is 1.00. The molecule has 0 heterocycles. The van der Waals surface area contributed by atoms with E-state index in [0.717, 1.165) is 29.6 Å². The Hall–Kier alpha value is 0. The molecule has 4 atom stereocenters. The molecule has 0 aromatic carbocycles. The molecule has 0 N–H and O–H groups in total.